The molecule has 0 aliphatic carbocycles. The number of anilines is 1. The number of carbonyl (C=O) groups excluding carboxylic acids is 1. The van der Waals surface area contributed by atoms with Crippen molar-refractivity contribution in [3.63, 3.8) is 0 Å². The Morgan fingerprint density at radius 1 is 1.12 bits per heavy atom. The Bertz CT molecular complexity index is 1420. The molecule has 3 aromatic rings. The topological polar surface area (TPSA) is 75.0 Å². The Morgan fingerprint density at radius 2 is 1.93 bits per heavy atom. The summed E-state index contributed by atoms with van der Waals surface area (Å²) in [5.74, 6) is 2.23. The highest BCUT2D eigenvalue weighted by Crippen LogP contribution is 2.47. The molecule has 0 aromatic heterocycles. The van der Waals surface area contributed by atoms with Gasteiger partial charge >= 0.3 is 0 Å². The Morgan fingerprint density at radius 3 is 2.68 bits per heavy atom. The quantitative estimate of drug-likeness (QED) is 0.254. The highest BCUT2D eigenvalue weighted by atomic mass is 32.2. The normalized spacial score (nSPS) is 15.2. The van der Waals surface area contributed by atoms with Gasteiger partial charge in [0.1, 0.15) is 10.5 Å². The minimum absolute atomic E-state index is 0.0512. The molecule has 7 nitrogen and oxygen atoms in total. The lowest BCUT2D eigenvalue weighted by molar-refractivity contribution is -0.116. The highest BCUT2D eigenvalue weighted by Gasteiger charge is 2.35. The van der Waals surface area contributed by atoms with Crippen LogP contribution in [0.5, 0.6) is 17.2 Å². The first kappa shape index (κ1) is 28.8. The van der Waals surface area contributed by atoms with Crippen LogP contribution in [0.25, 0.3) is 0 Å². The third-order valence-corrected chi connectivity index (χ3v) is 9.29. The molecule has 0 bridgehead atoms. The number of hydrogen-bond donors (Lipinski definition) is 0. The van der Waals surface area contributed by atoms with Gasteiger partial charge in [0.15, 0.2) is 11.5 Å². The summed E-state index contributed by atoms with van der Waals surface area (Å²) in [6, 6.07) is 22.8. The maximum Gasteiger partial charge on any atom is 0.231 e. The zero-order chi connectivity index (χ0) is 28.8. The van der Waals surface area contributed by atoms with E-state index in [0.29, 0.717) is 12.2 Å². The number of amides is 1. The highest BCUT2D eigenvalue weighted by molar-refractivity contribution is 8.00. The number of thioether (sulfide) groups is 1. The van der Waals surface area contributed by atoms with E-state index >= 15 is 0 Å². The fourth-order valence-corrected chi connectivity index (χ4v) is 6.96. The van der Waals surface area contributed by atoms with E-state index in [9.17, 15) is 10.1 Å². The first-order valence-electron chi connectivity index (χ1n) is 14.1. The van der Waals surface area contributed by atoms with Crippen LogP contribution in [0.15, 0.2) is 65.6 Å². The van der Waals surface area contributed by atoms with Crippen LogP contribution >= 0.6 is 11.8 Å². The molecule has 5 rings (SSSR count). The molecular formula is C33H37N3O4S. The third-order valence-electron chi connectivity index (χ3n) is 7.91. The fourth-order valence-electron chi connectivity index (χ4n) is 5.73. The van der Waals surface area contributed by atoms with Gasteiger partial charge < -0.3 is 24.0 Å². The van der Waals surface area contributed by atoms with Crippen LogP contribution in [-0.2, 0) is 22.4 Å². The molecule has 1 atom stereocenters. The van der Waals surface area contributed by atoms with Gasteiger partial charge in [-0.05, 0) is 92.7 Å². The zero-order valence-corrected chi connectivity index (χ0v) is 24.8. The van der Waals surface area contributed by atoms with Crippen LogP contribution in [0, 0.1) is 11.3 Å². The van der Waals surface area contributed by atoms with Crippen LogP contribution in [0.4, 0.5) is 5.69 Å². The largest absolute Gasteiger partial charge is 0.495 e. The monoisotopic (exact) mass is 571 g/mol. The van der Waals surface area contributed by atoms with Gasteiger partial charge in [-0.3, -0.25) is 4.79 Å². The molecular weight excluding hydrogens is 534 g/mol. The molecule has 1 unspecified atom stereocenters. The number of hydrogen-bond acceptors (Lipinski definition) is 7. The van der Waals surface area contributed by atoms with Crippen molar-refractivity contribution in [1.82, 2.24) is 4.90 Å². The van der Waals surface area contributed by atoms with Crippen molar-refractivity contribution >= 4 is 23.4 Å². The van der Waals surface area contributed by atoms with E-state index in [1.165, 1.54) is 11.1 Å². The second kappa shape index (κ2) is 12.9. The second-order valence-corrected chi connectivity index (χ2v) is 12.0. The van der Waals surface area contributed by atoms with Crippen molar-refractivity contribution in [2.75, 3.05) is 45.5 Å². The van der Waals surface area contributed by atoms with E-state index in [1.807, 2.05) is 47.4 Å². The summed E-state index contributed by atoms with van der Waals surface area (Å²) in [5, 5.41) is 10.6. The van der Waals surface area contributed by atoms with Crippen molar-refractivity contribution in [2.24, 2.45) is 0 Å². The molecule has 1 amide bonds. The van der Waals surface area contributed by atoms with Gasteiger partial charge in [-0.15, -0.1) is 0 Å². The van der Waals surface area contributed by atoms with Gasteiger partial charge in [0.05, 0.1) is 18.9 Å². The van der Waals surface area contributed by atoms with E-state index in [-0.39, 0.29) is 12.7 Å². The Hall–Kier alpha value is -3.67. The van der Waals surface area contributed by atoms with E-state index in [4.69, 9.17) is 14.2 Å². The minimum atomic E-state index is -0.756. The van der Waals surface area contributed by atoms with Crippen LogP contribution in [0.2, 0.25) is 0 Å². The molecule has 214 valence electrons. The predicted octanol–water partition coefficient (Wildman–Crippen LogP) is 6.19. The van der Waals surface area contributed by atoms with Crippen molar-refractivity contribution in [3.8, 4) is 23.3 Å². The Kier molecular flexibility index (Phi) is 9.06. The van der Waals surface area contributed by atoms with Crippen LogP contribution < -0.4 is 19.1 Å². The first-order chi connectivity index (χ1) is 19.9. The van der Waals surface area contributed by atoms with Crippen molar-refractivity contribution in [1.29, 1.82) is 5.26 Å². The van der Waals surface area contributed by atoms with Crippen LogP contribution in [-0.4, -0.2) is 51.4 Å². The number of fused-ring (bicyclic) bond motifs is 2. The molecule has 0 fully saturated rings. The summed E-state index contributed by atoms with van der Waals surface area (Å²) >= 11 is 1.60. The van der Waals surface area contributed by atoms with Gasteiger partial charge in [0.2, 0.25) is 12.7 Å². The Balaban J connectivity index is 1.27. The van der Waals surface area contributed by atoms with E-state index in [1.54, 1.807) is 25.8 Å². The summed E-state index contributed by atoms with van der Waals surface area (Å²) < 4.78 is 16.0. The third kappa shape index (κ3) is 6.32. The van der Waals surface area contributed by atoms with Gasteiger partial charge in [0.25, 0.3) is 0 Å². The summed E-state index contributed by atoms with van der Waals surface area (Å²) in [6.45, 7) is 4.30. The molecule has 0 spiro atoms. The second-order valence-electron chi connectivity index (χ2n) is 10.6. The molecule has 2 aliphatic rings. The van der Waals surface area contributed by atoms with E-state index in [2.05, 4.69) is 36.2 Å². The zero-order valence-electron chi connectivity index (χ0n) is 24.0. The lowest BCUT2D eigenvalue weighted by Gasteiger charge is -2.32. The molecule has 2 heterocycles. The molecule has 2 aliphatic heterocycles. The lowest BCUT2D eigenvalue weighted by atomic mass is 9.93. The number of carbonyl (C=O) groups is 1. The summed E-state index contributed by atoms with van der Waals surface area (Å²) in [5.41, 5.74) is 4.36. The van der Waals surface area contributed by atoms with Crippen molar-refractivity contribution in [2.45, 2.75) is 48.7 Å². The molecule has 0 saturated heterocycles. The standard InChI is InChI=1S/C33H37N3O4S/c1-24(37)36-19-7-11-28-25(12-14-30(38-3)32(28)36)16-20-35(2)18-8-17-33(22-34,41-27-9-5-4-6-10-27)26-13-15-29-31(21-26)40-23-39-29/h4-6,9-10,12-15,21H,7-8,11,16-20,23H2,1-3H3. The van der Waals surface area contributed by atoms with Crippen molar-refractivity contribution < 1.29 is 19.0 Å². The van der Waals surface area contributed by atoms with E-state index in [0.717, 1.165) is 73.0 Å². The SMILES string of the molecule is COc1ccc(CCN(C)CCCC(C#N)(Sc2ccccc2)c2ccc3c(c2)OCO3)c2c1N(C(C)=O)CCC2. The molecule has 8 heteroatoms. The molecule has 3 aromatic carbocycles. The summed E-state index contributed by atoms with van der Waals surface area (Å²) in [7, 11) is 3.80. The van der Waals surface area contributed by atoms with E-state index < -0.39 is 4.75 Å². The molecule has 0 N–H and O–H groups in total. The number of nitriles is 1. The number of rotatable bonds is 11. The molecule has 0 saturated carbocycles. The number of methoxy groups -OCH3 is 1. The van der Waals surface area contributed by atoms with Gasteiger partial charge in [-0.1, -0.05) is 42.1 Å². The molecule has 0 radical (unpaired) electrons. The fraction of sp³-hybridized carbons (Fsp3) is 0.394. The van der Waals surface area contributed by atoms with Gasteiger partial charge in [0, 0.05) is 24.9 Å². The number of likely N-dealkylation sites (N-methyl/N-ethyl adjacent to an activating group) is 1. The minimum Gasteiger partial charge on any atom is -0.495 e. The molecule has 41 heavy (non-hydrogen) atoms. The number of nitrogens with zero attached hydrogens (tertiary/aromatic N) is 3. The number of benzene rings is 3. The maximum atomic E-state index is 12.3. The van der Waals surface area contributed by atoms with Gasteiger partial charge in [-0.25, -0.2) is 0 Å². The summed E-state index contributed by atoms with van der Waals surface area (Å²) in [6.07, 6.45) is 4.35. The van der Waals surface area contributed by atoms with Crippen LogP contribution in [0.1, 0.15) is 42.9 Å². The average Bonchev–Trinajstić information content (AvgIpc) is 3.47. The van der Waals surface area contributed by atoms with Crippen molar-refractivity contribution in [3.05, 3.63) is 77.4 Å². The first-order valence-corrected chi connectivity index (χ1v) is 15.0. The van der Waals surface area contributed by atoms with Gasteiger partial charge in [-0.2, -0.15) is 5.26 Å². The smallest absolute Gasteiger partial charge is 0.231 e. The van der Waals surface area contributed by atoms with Crippen LogP contribution in [0.3, 0.4) is 0 Å². The predicted molar refractivity (Wildman–Crippen MR) is 162 cm³/mol. The lowest BCUT2D eigenvalue weighted by Crippen LogP contribution is -2.34. The summed E-state index contributed by atoms with van der Waals surface area (Å²) in [4.78, 5) is 17.6. The average molecular weight is 572 g/mol. The maximum absolute atomic E-state index is 12.3. The Labute approximate surface area is 247 Å². The number of ether oxygens (including phenoxy) is 3.